The van der Waals surface area contributed by atoms with Gasteiger partial charge in [0, 0.05) is 7.05 Å². The summed E-state index contributed by atoms with van der Waals surface area (Å²) in [5, 5.41) is 0. The second-order valence-electron chi connectivity index (χ2n) is 4.02. The Morgan fingerprint density at radius 1 is 1.44 bits per heavy atom. The topological polar surface area (TPSA) is 50.4 Å². The summed E-state index contributed by atoms with van der Waals surface area (Å²) in [5.41, 5.74) is 6.01. The monoisotopic (exact) mass is 220 g/mol. The summed E-state index contributed by atoms with van der Waals surface area (Å²) < 4.78 is 5.17. The Hall–Kier alpha value is -1.55. The van der Waals surface area contributed by atoms with Crippen LogP contribution in [0.3, 0.4) is 0 Å². The summed E-state index contributed by atoms with van der Waals surface area (Å²) in [7, 11) is 3.33. The van der Waals surface area contributed by atoms with Crippen molar-refractivity contribution < 1.29 is 9.53 Å². The molecule has 1 saturated carbocycles. The molecule has 1 aliphatic rings. The van der Waals surface area contributed by atoms with Crippen molar-refractivity contribution in [1.29, 1.82) is 0 Å². The zero-order valence-electron chi connectivity index (χ0n) is 9.54. The van der Waals surface area contributed by atoms with Crippen molar-refractivity contribution in [1.82, 2.24) is 10.9 Å². The molecule has 86 valence electrons. The zero-order chi connectivity index (χ0) is 11.6. The van der Waals surface area contributed by atoms with Gasteiger partial charge in [0.25, 0.3) is 0 Å². The van der Waals surface area contributed by atoms with Gasteiger partial charge in [0.05, 0.1) is 12.5 Å². The zero-order valence-corrected chi connectivity index (χ0v) is 9.54. The molecular weight excluding hydrogens is 204 g/mol. The molecule has 1 amide bonds. The van der Waals surface area contributed by atoms with Crippen molar-refractivity contribution in [2.24, 2.45) is 0 Å². The highest BCUT2D eigenvalue weighted by Crippen LogP contribution is 2.48. The SMILES string of the molecule is CNNC(=O)C1(c2cccc(OC)c2)CC1. The third kappa shape index (κ3) is 1.76. The number of rotatable bonds is 4. The molecule has 0 spiro atoms. The predicted molar refractivity (Wildman–Crippen MR) is 61.1 cm³/mol. The van der Waals surface area contributed by atoms with Crippen LogP contribution in [-0.2, 0) is 10.2 Å². The fourth-order valence-electron chi connectivity index (χ4n) is 1.93. The number of methoxy groups -OCH3 is 1. The number of ether oxygens (including phenoxy) is 1. The maximum atomic E-state index is 11.9. The third-order valence-corrected chi connectivity index (χ3v) is 3.05. The number of nitrogens with one attached hydrogen (secondary N) is 2. The molecule has 0 bridgehead atoms. The van der Waals surface area contributed by atoms with Crippen LogP contribution in [-0.4, -0.2) is 20.1 Å². The largest absolute Gasteiger partial charge is 0.497 e. The molecule has 0 aliphatic heterocycles. The van der Waals surface area contributed by atoms with Crippen molar-refractivity contribution in [2.45, 2.75) is 18.3 Å². The Morgan fingerprint density at radius 2 is 2.19 bits per heavy atom. The van der Waals surface area contributed by atoms with Crippen LogP contribution in [0.15, 0.2) is 24.3 Å². The molecule has 2 N–H and O–H groups in total. The molecule has 1 aromatic rings. The second kappa shape index (κ2) is 4.14. The summed E-state index contributed by atoms with van der Waals surface area (Å²) in [6.07, 6.45) is 1.79. The fourth-order valence-corrected chi connectivity index (χ4v) is 1.93. The molecule has 4 nitrogen and oxygen atoms in total. The van der Waals surface area contributed by atoms with Crippen molar-refractivity contribution >= 4 is 5.91 Å². The molecule has 16 heavy (non-hydrogen) atoms. The Bertz CT molecular complexity index is 400. The summed E-state index contributed by atoms with van der Waals surface area (Å²) in [5.74, 6) is 0.823. The van der Waals surface area contributed by atoms with E-state index >= 15 is 0 Å². The van der Waals surface area contributed by atoms with Crippen molar-refractivity contribution in [3.8, 4) is 5.75 Å². The number of benzene rings is 1. The van der Waals surface area contributed by atoms with E-state index in [0.717, 1.165) is 24.2 Å². The van der Waals surface area contributed by atoms with Crippen LogP contribution in [0, 0.1) is 0 Å². The van der Waals surface area contributed by atoms with Gasteiger partial charge >= 0.3 is 0 Å². The first-order chi connectivity index (χ1) is 7.73. The van der Waals surface area contributed by atoms with E-state index in [4.69, 9.17) is 4.74 Å². The van der Waals surface area contributed by atoms with Gasteiger partial charge in [0.1, 0.15) is 5.75 Å². The van der Waals surface area contributed by atoms with Crippen LogP contribution < -0.4 is 15.6 Å². The highest BCUT2D eigenvalue weighted by Gasteiger charge is 2.51. The van der Waals surface area contributed by atoms with E-state index in [1.807, 2.05) is 24.3 Å². The minimum atomic E-state index is -0.350. The number of hydrazine groups is 1. The lowest BCUT2D eigenvalue weighted by Gasteiger charge is -2.15. The van der Waals surface area contributed by atoms with Gasteiger partial charge in [-0.1, -0.05) is 12.1 Å². The Morgan fingerprint density at radius 3 is 2.75 bits per heavy atom. The van der Waals surface area contributed by atoms with Crippen LogP contribution in [0.4, 0.5) is 0 Å². The van der Waals surface area contributed by atoms with Crippen molar-refractivity contribution in [3.05, 3.63) is 29.8 Å². The minimum Gasteiger partial charge on any atom is -0.497 e. The van der Waals surface area contributed by atoms with Crippen LogP contribution in [0.25, 0.3) is 0 Å². The molecule has 0 unspecified atom stereocenters. The molecule has 0 heterocycles. The van der Waals surface area contributed by atoms with Gasteiger partial charge in [-0.05, 0) is 30.5 Å². The van der Waals surface area contributed by atoms with Gasteiger partial charge in [-0.2, -0.15) is 0 Å². The average Bonchev–Trinajstić information content (AvgIpc) is 3.11. The Balaban J connectivity index is 2.25. The van der Waals surface area contributed by atoms with Crippen LogP contribution in [0.5, 0.6) is 5.75 Å². The molecule has 0 saturated heterocycles. The van der Waals surface area contributed by atoms with Gasteiger partial charge in [-0.25, -0.2) is 5.43 Å². The van der Waals surface area contributed by atoms with E-state index in [9.17, 15) is 4.79 Å². The number of carbonyl (C=O) groups is 1. The van der Waals surface area contributed by atoms with Gasteiger partial charge < -0.3 is 4.74 Å². The predicted octanol–water partition coefficient (Wildman–Crippen LogP) is 0.977. The highest BCUT2D eigenvalue weighted by atomic mass is 16.5. The first kappa shape index (κ1) is 11.0. The molecule has 1 aromatic carbocycles. The average molecular weight is 220 g/mol. The second-order valence-corrected chi connectivity index (χ2v) is 4.02. The van der Waals surface area contributed by atoms with Gasteiger partial charge in [0.15, 0.2) is 0 Å². The molecule has 4 heteroatoms. The molecule has 1 fully saturated rings. The quantitative estimate of drug-likeness (QED) is 0.744. The normalized spacial score (nSPS) is 16.6. The van der Waals surface area contributed by atoms with Gasteiger partial charge in [-0.3, -0.25) is 10.2 Å². The third-order valence-electron chi connectivity index (χ3n) is 3.05. The summed E-state index contributed by atoms with van der Waals surface area (Å²) in [6, 6.07) is 7.71. The van der Waals surface area contributed by atoms with Crippen LogP contribution in [0.2, 0.25) is 0 Å². The summed E-state index contributed by atoms with van der Waals surface area (Å²) in [6.45, 7) is 0. The lowest BCUT2D eigenvalue weighted by atomic mass is 9.95. The number of amides is 1. The smallest absolute Gasteiger partial charge is 0.244 e. The lowest BCUT2D eigenvalue weighted by molar-refractivity contribution is -0.124. The van der Waals surface area contributed by atoms with E-state index in [-0.39, 0.29) is 11.3 Å². The Kier molecular flexibility index (Phi) is 2.83. The number of carbonyl (C=O) groups excluding carboxylic acids is 1. The van der Waals surface area contributed by atoms with Crippen LogP contribution >= 0.6 is 0 Å². The first-order valence-corrected chi connectivity index (χ1v) is 5.34. The van der Waals surface area contributed by atoms with Gasteiger partial charge in [0.2, 0.25) is 5.91 Å². The van der Waals surface area contributed by atoms with E-state index < -0.39 is 0 Å². The van der Waals surface area contributed by atoms with Gasteiger partial charge in [-0.15, -0.1) is 0 Å². The van der Waals surface area contributed by atoms with Crippen molar-refractivity contribution in [3.63, 3.8) is 0 Å². The minimum absolute atomic E-state index is 0.0308. The maximum absolute atomic E-state index is 11.9. The van der Waals surface area contributed by atoms with E-state index in [2.05, 4.69) is 10.9 Å². The van der Waals surface area contributed by atoms with Crippen molar-refractivity contribution in [2.75, 3.05) is 14.2 Å². The maximum Gasteiger partial charge on any atom is 0.244 e. The number of hydrogen-bond donors (Lipinski definition) is 2. The molecule has 0 aromatic heterocycles. The van der Waals surface area contributed by atoms with E-state index in [1.54, 1.807) is 14.2 Å². The summed E-state index contributed by atoms with van der Waals surface area (Å²) in [4.78, 5) is 11.9. The lowest BCUT2D eigenvalue weighted by Crippen LogP contribution is -2.41. The standard InChI is InChI=1S/C12H16N2O2/c1-13-14-11(15)12(6-7-12)9-4-3-5-10(8-9)16-2/h3-5,8,13H,6-7H2,1-2H3,(H,14,15). The van der Waals surface area contributed by atoms with Crippen LogP contribution in [0.1, 0.15) is 18.4 Å². The fraction of sp³-hybridized carbons (Fsp3) is 0.417. The Labute approximate surface area is 95.0 Å². The molecule has 1 aliphatic carbocycles. The molecular formula is C12H16N2O2. The molecule has 0 atom stereocenters. The van der Waals surface area contributed by atoms with E-state index in [0.29, 0.717) is 0 Å². The highest BCUT2D eigenvalue weighted by molar-refractivity contribution is 5.91. The summed E-state index contributed by atoms with van der Waals surface area (Å²) >= 11 is 0. The molecule has 0 radical (unpaired) electrons. The number of hydrogen-bond acceptors (Lipinski definition) is 3. The first-order valence-electron chi connectivity index (χ1n) is 5.34. The van der Waals surface area contributed by atoms with E-state index in [1.165, 1.54) is 0 Å². The molecule has 2 rings (SSSR count).